The van der Waals surface area contributed by atoms with Gasteiger partial charge in [-0.1, -0.05) is 74.0 Å². The summed E-state index contributed by atoms with van der Waals surface area (Å²) >= 11 is 0. The molecule has 0 aliphatic carbocycles. The van der Waals surface area contributed by atoms with Gasteiger partial charge in [0.1, 0.15) is 6.04 Å². The Morgan fingerprint density at radius 2 is 1.54 bits per heavy atom. The van der Waals surface area contributed by atoms with Crippen LogP contribution in [0.15, 0.2) is 66.9 Å². The van der Waals surface area contributed by atoms with Gasteiger partial charge in [-0.15, -0.1) is 0 Å². The summed E-state index contributed by atoms with van der Waals surface area (Å²) in [7, 11) is 0. The first-order chi connectivity index (χ1) is 23.4. The predicted molar refractivity (Wildman–Crippen MR) is 188 cm³/mol. The van der Waals surface area contributed by atoms with Crippen molar-refractivity contribution in [3.8, 4) is 11.3 Å². The van der Waals surface area contributed by atoms with E-state index in [1.165, 1.54) is 30.2 Å². The Labute approximate surface area is 282 Å². The second-order valence-electron chi connectivity index (χ2n) is 14.9. The van der Waals surface area contributed by atoms with Crippen molar-refractivity contribution in [3.63, 3.8) is 0 Å². The van der Waals surface area contributed by atoms with Crippen molar-refractivity contribution in [3.05, 3.63) is 78.0 Å². The Balaban J connectivity index is 1.06. The molecule has 2 N–H and O–H groups in total. The number of aromatic nitrogens is 1. The highest BCUT2D eigenvalue weighted by atomic mass is 16.5. The fraction of sp³-hybridized carbons (Fsp3) is 0.475. The van der Waals surface area contributed by atoms with Crippen LogP contribution in [0.4, 0.5) is 0 Å². The number of carboxylic acids is 1. The van der Waals surface area contributed by atoms with Crippen molar-refractivity contribution in [1.82, 2.24) is 20.1 Å². The van der Waals surface area contributed by atoms with E-state index in [4.69, 9.17) is 9.72 Å². The number of rotatable bonds is 9. The molecular formula is C40H46N4O4. The summed E-state index contributed by atoms with van der Waals surface area (Å²) in [5, 5.41) is 17.7. The van der Waals surface area contributed by atoms with Crippen LogP contribution in [-0.4, -0.2) is 82.2 Å². The highest BCUT2D eigenvalue weighted by molar-refractivity contribution is 6.05. The molecule has 3 atom stereocenters. The first-order valence-corrected chi connectivity index (χ1v) is 17.9. The summed E-state index contributed by atoms with van der Waals surface area (Å²) in [5.74, 6) is -1.15. The van der Waals surface area contributed by atoms with Gasteiger partial charge in [-0.2, -0.15) is 0 Å². The lowest BCUT2D eigenvalue weighted by molar-refractivity contribution is -0.147. The lowest BCUT2D eigenvalue weighted by atomic mass is 9.75. The number of carboxylic acid groups (broad SMARTS) is 1. The van der Waals surface area contributed by atoms with Crippen molar-refractivity contribution < 1.29 is 19.4 Å². The number of fused-ring (bicyclic) bond motifs is 4. The first-order valence-electron chi connectivity index (χ1n) is 17.9. The zero-order valence-corrected chi connectivity index (χ0v) is 27.9. The molecule has 1 amide bonds. The average Bonchev–Trinajstić information content (AvgIpc) is 3.33. The number of piperidine rings is 2. The van der Waals surface area contributed by atoms with Crippen LogP contribution in [0.3, 0.4) is 0 Å². The molecule has 1 aromatic heterocycles. The number of ether oxygens (including phenoxy) is 1. The third-order valence-electron chi connectivity index (χ3n) is 11.7. The molecule has 4 aliphatic rings. The van der Waals surface area contributed by atoms with Gasteiger partial charge in [0.05, 0.1) is 24.9 Å². The number of carbonyl (C=O) groups excluding carboxylic acids is 1. The molecule has 0 saturated carbocycles. The van der Waals surface area contributed by atoms with Gasteiger partial charge in [0.2, 0.25) is 5.91 Å². The van der Waals surface area contributed by atoms with Crippen molar-refractivity contribution in [2.45, 2.75) is 89.0 Å². The third-order valence-corrected chi connectivity index (χ3v) is 11.7. The number of hydrogen-bond donors (Lipinski definition) is 2. The van der Waals surface area contributed by atoms with Crippen LogP contribution in [0.25, 0.3) is 32.8 Å². The van der Waals surface area contributed by atoms with Crippen LogP contribution < -0.4 is 5.32 Å². The molecule has 4 fully saturated rings. The van der Waals surface area contributed by atoms with Crippen molar-refractivity contribution in [2.24, 2.45) is 5.41 Å². The molecule has 8 nitrogen and oxygen atoms in total. The lowest BCUT2D eigenvalue weighted by Gasteiger charge is -2.49. The molecule has 3 aromatic carbocycles. The zero-order valence-electron chi connectivity index (χ0n) is 27.9. The minimum absolute atomic E-state index is 0.141. The smallest absolute Gasteiger partial charge is 0.326 e. The molecule has 48 heavy (non-hydrogen) atoms. The molecule has 4 saturated heterocycles. The number of likely N-dealkylation sites (tertiary alicyclic amines) is 1. The predicted octanol–water partition coefficient (Wildman–Crippen LogP) is 6.18. The second-order valence-corrected chi connectivity index (χ2v) is 14.9. The van der Waals surface area contributed by atoms with Gasteiger partial charge in [-0.3, -0.25) is 19.6 Å². The SMILES string of the molecule is CC1(C(=O)N[C@@H](Cc2cccc3c(-c4ncc(CN5CCCCC5)c5ccccc45)cccc23)C(=O)O)CC2CCC(C1)N2C1COC1. The number of hydrogen-bond acceptors (Lipinski definition) is 6. The van der Waals surface area contributed by atoms with Crippen LogP contribution >= 0.6 is 0 Å². The molecule has 4 aliphatic heterocycles. The van der Waals surface area contributed by atoms with E-state index in [2.05, 4.69) is 57.6 Å². The minimum atomic E-state index is -1.02. The summed E-state index contributed by atoms with van der Waals surface area (Å²) < 4.78 is 5.47. The van der Waals surface area contributed by atoms with Crippen LogP contribution in [0, 0.1) is 5.41 Å². The Kier molecular flexibility index (Phi) is 8.43. The van der Waals surface area contributed by atoms with E-state index in [1.807, 2.05) is 31.3 Å². The molecule has 5 heterocycles. The van der Waals surface area contributed by atoms with Crippen LogP contribution in [0.1, 0.15) is 63.0 Å². The maximum atomic E-state index is 13.9. The number of benzene rings is 3. The minimum Gasteiger partial charge on any atom is -0.480 e. The number of pyridine rings is 1. The topological polar surface area (TPSA) is 95.0 Å². The quantitative estimate of drug-likeness (QED) is 0.224. The molecule has 250 valence electrons. The molecule has 8 rings (SSSR count). The molecular weight excluding hydrogens is 600 g/mol. The van der Waals surface area contributed by atoms with Gasteiger partial charge in [-0.05, 0) is 78.9 Å². The monoisotopic (exact) mass is 646 g/mol. The normalized spacial score (nSPS) is 25.6. The molecule has 0 radical (unpaired) electrons. The number of amides is 1. The lowest BCUT2D eigenvalue weighted by Crippen LogP contribution is -2.60. The van der Waals surface area contributed by atoms with Crippen molar-refractivity contribution >= 4 is 33.4 Å². The average molecular weight is 647 g/mol. The van der Waals surface area contributed by atoms with Gasteiger partial charge >= 0.3 is 5.97 Å². The fourth-order valence-electron chi connectivity index (χ4n) is 9.16. The zero-order chi connectivity index (χ0) is 32.8. The Bertz CT molecular complexity index is 1830. The summed E-state index contributed by atoms with van der Waals surface area (Å²) in [4.78, 5) is 36.7. The van der Waals surface area contributed by atoms with Crippen LogP contribution in [-0.2, 0) is 27.3 Å². The molecule has 4 aromatic rings. The molecule has 2 unspecified atom stereocenters. The van der Waals surface area contributed by atoms with Gasteiger partial charge in [-0.25, -0.2) is 4.79 Å². The Hall–Kier alpha value is -3.85. The Morgan fingerprint density at radius 3 is 2.25 bits per heavy atom. The first kappa shape index (κ1) is 31.4. The van der Waals surface area contributed by atoms with Gasteiger partial charge < -0.3 is 15.2 Å². The molecule has 0 spiro atoms. The van der Waals surface area contributed by atoms with E-state index in [0.717, 1.165) is 91.5 Å². The van der Waals surface area contributed by atoms with E-state index in [0.29, 0.717) is 18.1 Å². The van der Waals surface area contributed by atoms with E-state index < -0.39 is 17.4 Å². The molecule has 8 heteroatoms. The highest BCUT2D eigenvalue weighted by Crippen LogP contribution is 2.47. The molecule has 2 bridgehead atoms. The summed E-state index contributed by atoms with van der Waals surface area (Å²) in [6.45, 7) is 6.76. The van der Waals surface area contributed by atoms with Gasteiger partial charge in [0.15, 0.2) is 0 Å². The summed E-state index contributed by atoms with van der Waals surface area (Å²) in [6.07, 6.45) is 9.77. The number of nitrogens with zero attached hydrogens (tertiary/aromatic N) is 3. The van der Waals surface area contributed by atoms with Gasteiger partial charge in [0.25, 0.3) is 0 Å². The van der Waals surface area contributed by atoms with Gasteiger partial charge in [0, 0.05) is 47.6 Å². The van der Waals surface area contributed by atoms with E-state index in [-0.39, 0.29) is 12.3 Å². The second kappa shape index (κ2) is 12.9. The van der Waals surface area contributed by atoms with Crippen LogP contribution in [0.2, 0.25) is 0 Å². The Morgan fingerprint density at radius 1 is 0.875 bits per heavy atom. The third kappa shape index (κ3) is 5.78. The number of carbonyl (C=O) groups is 2. The van der Waals surface area contributed by atoms with E-state index >= 15 is 0 Å². The number of nitrogens with one attached hydrogen (secondary N) is 1. The van der Waals surface area contributed by atoms with Crippen LogP contribution in [0.5, 0.6) is 0 Å². The maximum absolute atomic E-state index is 13.9. The fourth-order valence-corrected chi connectivity index (χ4v) is 9.16. The van der Waals surface area contributed by atoms with Crippen molar-refractivity contribution in [2.75, 3.05) is 26.3 Å². The van der Waals surface area contributed by atoms with E-state index in [1.54, 1.807) is 0 Å². The summed E-state index contributed by atoms with van der Waals surface area (Å²) in [5.41, 5.74) is 3.53. The van der Waals surface area contributed by atoms with E-state index in [9.17, 15) is 14.7 Å². The highest BCUT2D eigenvalue weighted by Gasteiger charge is 2.52. The standard InChI is InChI=1S/C40H46N4O4/c1-40(20-28-15-16-29(21-40)44(28)30-24-48-25-30)39(47)42-36(38(45)46)19-26-9-7-13-33-31(26)12-8-14-35(33)37-34-11-4-3-10-32(34)27(22-41-37)23-43-17-5-2-6-18-43/h3-4,7-14,22,28-30,36H,2,5-6,15-21,23-25H2,1H3,(H,42,47)(H,45,46)/t28?,29?,36-,40?/m0/s1. The summed E-state index contributed by atoms with van der Waals surface area (Å²) in [6, 6.07) is 21.0. The number of aliphatic carboxylic acids is 1. The van der Waals surface area contributed by atoms with Crippen molar-refractivity contribution in [1.29, 1.82) is 0 Å². The maximum Gasteiger partial charge on any atom is 0.326 e. The largest absolute Gasteiger partial charge is 0.480 e.